The van der Waals surface area contributed by atoms with Crippen molar-refractivity contribution in [2.24, 2.45) is 11.8 Å². The molecule has 0 unspecified atom stereocenters. The summed E-state index contributed by atoms with van der Waals surface area (Å²) in [5.41, 5.74) is 0.540. The number of hydrogen-bond donors (Lipinski definition) is 0. The fourth-order valence-electron chi connectivity index (χ4n) is 4.27. The van der Waals surface area contributed by atoms with Crippen LogP contribution in [0.2, 0.25) is 5.02 Å². The van der Waals surface area contributed by atoms with Gasteiger partial charge in [-0.1, -0.05) is 23.8 Å². The van der Waals surface area contributed by atoms with Crippen LogP contribution < -0.4 is 4.74 Å². The van der Waals surface area contributed by atoms with Crippen LogP contribution >= 0.6 is 11.6 Å². The molecule has 0 saturated carbocycles. The fraction of sp³-hybridized carbons (Fsp3) is 0.280. The lowest BCUT2D eigenvalue weighted by atomic mass is 9.85. The fourth-order valence-corrected chi connectivity index (χ4v) is 4.39. The number of hydrogen-bond acceptors (Lipinski definition) is 5. The summed E-state index contributed by atoms with van der Waals surface area (Å²) in [4.78, 5) is 53.4. The maximum atomic E-state index is 13.6. The number of ether oxygens (including phenoxy) is 1. The number of carbonyl (C=O) groups is 4. The topological polar surface area (TPSA) is 84.0 Å². The van der Waals surface area contributed by atoms with E-state index in [1.54, 1.807) is 36.4 Å². The third kappa shape index (κ3) is 4.16. The first-order chi connectivity index (χ1) is 15.8. The molecule has 2 aromatic rings. The molecule has 0 N–H and O–H groups in total. The van der Waals surface area contributed by atoms with Crippen molar-refractivity contribution in [2.75, 3.05) is 7.11 Å². The Bertz CT molecular complexity index is 1100. The van der Waals surface area contributed by atoms with Crippen LogP contribution in [0.5, 0.6) is 5.75 Å². The van der Waals surface area contributed by atoms with Crippen LogP contribution in [0.15, 0.2) is 60.7 Å². The van der Waals surface area contributed by atoms with Crippen LogP contribution in [0.4, 0.5) is 0 Å². The quantitative estimate of drug-likeness (QED) is 0.366. The maximum Gasteiger partial charge on any atom is 0.273 e. The van der Waals surface area contributed by atoms with Gasteiger partial charge >= 0.3 is 0 Å². The zero-order valence-corrected chi connectivity index (χ0v) is 19.0. The predicted octanol–water partition coefficient (Wildman–Crippen LogP) is 3.93. The summed E-state index contributed by atoms with van der Waals surface area (Å²) in [7, 11) is 1.52. The van der Waals surface area contributed by atoms with E-state index in [2.05, 4.69) is 0 Å². The van der Waals surface area contributed by atoms with Crippen LogP contribution in [0.25, 0.3) is 0 Å². The SMILES string of the molecule is COc1ccc(C(=O)[C@H](C)N(C(=O)c2ccc(Cl)cc2)N2C(=O)[C@H]3CC=CC[C@H]3C2=O)cc1. The van der Waals surface area contributed by atoms with Gasteiger partial charge in [0.2, 0.25) is 0 Å². The summed E-state index contributed by atoms with van der Waals surface area (Å²) in [5.74, 6) is -2.47. The molecule has 33 heavy (non-hydrogen) atoms. The highest BCUT2D eigenvalue weighted by atomic mass is 35.5. The van der Waals surface area contributed by atoms with Crippen LogP contribution in [-0.2, 0) is 9.59 Å². The average Bonchev–Trinajstić information content (AvgIpc) is 3.09. The molecular formula is C25H23ClN2O5. The number of benzene rings is 2. The molecule has 1 heterocycles. The Morgan fingerprint density at radius 2 is 1.45 bits per heavy atom. The third-order valence-electron chi connectivity index (χ3n) is 6.12. The summed E-state index contributed by atoms with van der Waals surface area (Å²) >= 11 is 5.96. The molecule has 0 radical (unpaired) electrons. The molecule has 1 aliphatic carbocycles. The summed E-state index contributed by atoms with van der Waals surface area (Å²) in [6.45, 7) is 1.52. The standard InChI is InChI=1S/C25H23ClN2O5/c1-15(22(29)16-9-13-19(33-2)14-10-16)27(23(30)17-7-11-18(26)12-8-17)28-24(31)20-5-3-4-6-21(20)25(28)32/h3-4,7-15,20-21H,5-6H2,1-2H3/t15-,20-,21+/m0/s1. The Morgan fingerprint density at radius 1 is 0.939 bits per heavy atom. The summed E-state index contributed by atoms with van der Waals surface area (Å²) < 4.78 is 5.14. The van der Waals surface area contributed by atoms with Gasteiger partial charge in [0.25, 0.3) is 17.7 Å². The number of allylic oxidation sites excluding steroid dienone is 2. The summed E-state index contributed by atoms with van der Waals surface area (Å²) in [5, 5.41) is 2.32. The first kappa shape index (κ1) is 22.7. The van der Waals surface area contributed by atoms with E-state index in [4.69, 9.17) is 16.3 Å². The highest BCUT2D eigenvalue weighted by molar-refractivity contribution is 6.30. The minimum atomic E-state index is -1.11. The lowest BCUT2D eigenvalue weighted by Gasteiger charge is -2.34. The molecule has 0 aromatic heterocycles. The molecule has 3 atom stereocenters. The van der Waals surface area contributed by atoms with Crippen LogP contribution in [0.3, 0.4) is 0 Å². The van der Waals surface area contributed by atoms with Gasteiger partial charge in [-0.3, -0.25) is 19.2 Å². The molecule has 0 spiro atoms. The summed E-state index contributed by atoms with van der Waals surface area (Å²) in [6.07, 6.45) is 4.59. The predicted molar refractivity (Wildman–Crippen MR) is 122 cm³/mol. The minimum absolute atomic E-state index is 0.211. The van der Waals surface area contributed by atoms with Gasteiger partial charge in [0.05, 0.1) is 18.9 Å². The van der Waals surface area contributed by atoms with Gasteiger partial charge in [-0.05, 0) is 68.3 Å². The van der Waals surface area contributed by atoms with E-state index in [9.17, 15) is 19.2 Å². The lowest BCUT2D eigenvalue weighted by molar-refractivity contribution is -0.156. The normalized spacial score (nSPS) is 20.4. The number of rotatable bonds is 6. The average molecular weight is 467 g/mol. The molecule has 1 aliphatic heterocycles. The van der Waals surface area contributed by atoms with Gasteiger partial charge in [0, 0.05) is 16.1 Å². The van der Waals surface area contributed by atoms with Crippen molar-refractivity contribution < 1.29 is 23.9 Å². The monoisotopic (exact) mass is 466 g/mol. The molecule has 2 aromatic carbocycles. The zero-order valence-electron chi connectivity index (χ0n) is 18.2. The smallest absolute Gasteiger partial charge is 0.273 e. The number of nitrogens with zero attached hydrogens (tertiary/aromatic N) is 2. The molecule has 4 rings (SSSR count). The number of Topliss-reactive ketones (excluding diaryl/α,β-unsaturated/α-hetero) is 1. The van der Waals surface area contributed by atoms with Gasteiger partial charge in [0.1, 0.15) is 11.8 Å². The highest BCUT2D eigenvalue weighted by Gasteiger charge is 2.52. The van der Waals surface area contributed by atoms with Crippen molar-refractivity contribution >= 4 is 35.1 Å². The number of ketones is 1. The number of amides is 3. The number of carbonyl (C=O) groups excluding carboxylic acids is 4. The zero-order chi connectivity index (χ0) is 23.7. The molecule has 1 saturated heterocycles. The molecule has 0 bridgehead atoms. The van der Waals surface area contributed by atoms with Crippen molar-refractivity contribution in [3.63, 3.8) is 0 Å². The van der Waals surface area contributed by atoms with Gasteiger partial charge in [-0.2, -0.15) is 5.01 Å². The number of imide groups is 1. The highest BCUT2D eigenvalue weighted by Crippen LogP contribution is 2.37. The van der Waals surface area contributed by atoms with Crippen molar-refractivity contribution in [1.29, 1.82) is 0 Å². The number of hydrazine groups is 1. The maximum absolute atomic E-state index is 13.6. The van der Waals surface area contributed by atoms with E-state index < -0.39 is 41.4 Å². The molecule has 7 nitrogen and oxygen atoms in total. The van der Waals surface area contributed by atoms with E-state index in [0.717, 1.165) is 10.0 Å². The van der Waals surface area contributed by atoms with Crippen molar-refractivity contribution in [1.82, 2.24) is 10.0 Å². The molecule has 8 heteroatoms. The van der Waals surface area contributed by atoms with E-state index in [1.165, 1.54) is 26.2 Å². The second-order valence-electron chi connectivity index (χ2n) is 8.07. The van der Waals surface area contributed by atoms with Crippen LogP contribution in [0, 0.1) is 11.8 Å². The Labute approximate surface area is 196 Å². The van der Waals surface area contributed by atoms with Gasteiger partial charge in [-0.15, -0.1) is 0 Å². The number of fused-ring (bicyclic) bond motifs is 1. The summed E-state index contributed by atoms with van der Waals surface area (Å²) in [6, 6.07) is 11.4. The molecule has 2 aliphatic rings. The third-order valence-corrected chi connectivity index (χ3v) is 6.37. The van der Waals surface area contributed by atoms with E-state index in [1.807, 2.05) is 12.2 Å². The molecule has 170 valence electrons. The van der Waals surface area contributed by atoms with E-state index >= 15 is 0 Å². The van der Waals surface area contributed by atoms with Crippen LogP contribution in [0.1, 0.15) is 40.5 Å². The van der Waals surface area contributed by atoms with E-state index in [-0.39, 0.29) is 5.56 Å². The van der Waals surface area contributed by atoms with Gasteiger partial charge in [-0.25, -0.2) is 5.01 Å². The first-order valence-electron chi connectivity index (χ1n) is 10.6. The van der Waals surface area contributed by atoms with E-state index in [0.29, 0.717) is 29.2 Å². The van der Waals surface area contributed by atoms with Crippen molar-refractivity contribution in [3.05, 3.63) is 76.8 Å². The molecular weight excluding hydrogens is 444 g/mol. The molecule has 1 fully saturated rings. The van der Waals surface area contributed by atoms with Gasteiger partial charge in [0.15, 0.2) is 5.78 Å². The van der Waals surface area contributed by atoms with Gasteiger partial charge < -0.3 is 4.74 Å². The minimum Gasteiger partial charge on any atom is -0.497 e. The Kier molecular flexibility index (Phi) is 6.33. The van der Waals surface area contributed by atoms with Crippen molar-refractivity contribution in [2.45, 2.75) is 25.8 Å². The Balaban J connectivity index is 1.73. The number of methoxy groups -OCH3 is 1. The second kappa shape index (κ2) is 9.19. The molecule has 3 amide bonds. The second-order valence-corrected chi connectivity index (χ2v) is 8.51. The van der Waals surface area contributed by atoms with Crippen LogP contribution in [-0.4, -0.2) is 46.7 Å². The lowest BCUT2D eigenvalue weighted by Crippen LogP contribution is -2.56. The van der Waals surface area contributed by atoms with Crippen molar-refractivity contribution in [3.8, 4) is 5.75 Å². The largest absolute Gasteiger partial charge is 0.497 e. The Morgan fingerprint density at radius 3 is 1.97 bits per heavy atom. The number of halogens is 1. The first-order valence-corrected chi connectivity index (χ1v) is 11.0. The Hall–Kier alpha value is -3.45.